The molecule has 0 saturated carbocycles. The van der Waals surface area contributed by atoms with Crippen molar-refractivity contribution in [2.75, 3.05) is 10.0 Å². The first-order valence-corrected chi connectivity index (χ1v) is 10.6. The summed E-state index contributed by atoms with van der Waals surface area (Å²) in [5.41, 5.74) is 0.388. The van der Waals surface area contributed by atoms with Crippen molar-refractivity contribution in [1.82, 2.24) is 20.0 Å². The number of sulfonamides is 1. The van der Waals surface area contributed by atoms with Gasteiger partial charge in [-0.15, -0.1) is 10.2 Å². The van der Waals surface area contributed by atoms with E-state index < -0.39 is 26.9 Å². The van der Waals surface area contributed by atoms with Crippen LogP contribution in [0, 0.1) is 17.0 Å². The molecule has 0 bridgehead atoms. The third-order valence-electron chi connectivity index (χ3n) is 4.26. The van der Waals surface area contributed by atoms with E-state index in [-0.39, 0.29) is 27.2 Å². The molecular formula is C17H16ClN7O5S. The number of hydrogen-bond acceptors (Lipinski definition) is 8. The molecule has 1 unspecified atom stereocenters. The van der Waals surface area contributed by atoms with Gasteiger partial charge in [-0.3, -0.25) is 24.3 Å². The number of anilines is 2. The molecule has 0 aliphatic carbocycles. The smallest absolute Gasteiger partial charge is 0.309 e. The van der Waals surface area contributed by atoms with Gasteiger partial charge in [0, 0.05) is 5.69 Å². The van der Waals surface area contributed by atoms with Gasteiger partial charge in [-0.05, 0) is 50.2 Å². The van der Waals surface area contributed by atoms with Crippen molar-refractivity contribution >= 4 is 44.7 Å². The zero-order valence-corrected chi connectivity index (χ0v) is 17.8. The lowest BCUT2D eigenvalue weighted by atomic mass is 10.2. The van der Waals surface area contributed by atoms with E-state index in [4.69, 9.17) is 11.6 Å². The van der Waals surface area contributed by atoms with E-state index in [1.807, 2.05) is 0 Å². The van der Waals surface area contributed by atoms with Crippen molar-refractivity contribution in [3.05, 3.63) is 63.6 Å². The van der Waals surface area contributed by atoms with Crippen LogP contribution in [0.1, 0.15) is 18.7 Å². The maximum absolute atomic E-state index is 12.5. The van der Waals surface area contributed by atoms with Crippen molar-refractivity contribution in [2.24, 2.45) is 0 Å². The number of benzene rings is 1. The fourth-order valence-electron chi connectivity index (χ4n) is 2.63. The molecule has 14 heteroatoms. The molecule has 12 nitrogen and oxygen atoms in total. The minimum atomic E-state index is -3.93. The molecule has 0 fully saturated rings. The second kappa shape index (κ2) is 8.65. The maximum atomic E-state index is 12.5. The van der Waals surface area contributed by atoms with Crippen LogP contribution in [0.2, 0.25) is 5.15 Å². The average Bonchev–Trinajstić information content (AvgIpc) is 3.11. The minimum Gasteiger partial charge on any atom is -0.324 e. The molecule has 0 aliphatic heterocycles. The molecule has 0 radical (unpaired) electrons. The predicted molar refractivity (Wildman–Crippen MR) is 111 cm³/mol. The van der Waals surface area contributed by atoms with Crippen LogP contribution in [0.25, 0.3) is 0 Å². The molecule has 31 heavy (non-hydrogen) atoms. The molecule has 1 atom stereocenters. The second-order valence-electron chi connectivity index (χ2n) is 6.35. The average molecular weight is 466 g/mol. The Hall–Kier alpha value is -3.58. The number of aromatic nitrogens is 4. The molecular weight excluding hydrogens is 450 g/mol. The monoisotopic (exact) mass is 465 g/mol. The topological polar surface area (TPSA) is 162 Å². The Kier molecular flexibility index (Phi) is 6.17. The van der Waals surface area contributed by atoms with Crippen LogP contribution < -0.4 is 10.0 Å². The maximum Gasteiger partial charge on any atom is 0.309 e. The van der Waals surface area contributed by atoms with Gasteiger partial charge in [-0.25, -0.2) is 8.42 Å². The summed E-state index contributed by atoms with van der Waals surface area (Å²) in [7, 11) is -3.93. The Labute approximate surface area is 181 Å². The molecule has 2 N–H and O–H groups in total. The summed E-state index contributed by atoms with van der Waals surface area (Å²) in [4.78, 5) is 22.8. The third kappa shape index (κ3) is 4.95. The highest BCUT2D eigenvalue weighted by atomic mass is 35.5. The Morgan fingerprint density at radius 3 is 2.42 bits per heavy atom. The van der Waals surface area contributed by atoms with Gasteiger partial charge in [-0.1, -0.05) is 11.6 Å². The van der Waals surface area contributed by atoms with Crippen LogP contribution in [0.15, 0.2) is 47.5 Å². The van der Waals surface area contributed by atoms with Gasteiger partial charge in [-0.2, -0.15) is 5.10 Å². The van der Waals surface area contributed by atoms with E-state index in [9.17, 15) is 23.3 Å². The van der Waals surface area contributed by atoms with Crippen LogP contribution >= 0.6 is 11.6 Å². The van der Waals surface area contributed by atoms with E-state index in [2.05, 4.69) is 25.3 Å². The van der Waals surface area contributed by atoms with Crippen LogP contribution in [0.5, 0.6) is 0 Å². The van der Waals surface area contributed by atoms with Crippen LogP contribution in [0.3, 0.4) is 0 Å². The highest BCUT2D eigenvalue weighted by molar-refractivity contribution is 7.92. The molecule has 0 aliphatic rings. The van der Waals surface area contributed by atoms with Gasteiger partial charge in [0.15, 0.2) is 11.0 Å². The van der Waals surface area contributed by atoms with Gasteiger partial charge in [0.05, 0.1) is 9.82 Å². The van der Waals surface area contributed by atoms with Crippen molar-refractivity contribution in [2.45, 2.75) is 24.8 Å². The van der Waals surface area contributed by atoms with Gasteiger partial charge in [0.25, 0.3) is 10.0 Å². The number of amides is 1. The van der Waals surface area contributed by atoms with E-state index in [1.165, 1.54) is 54.9 Å². The Morgan fingerprint density at radius 2 is 1.87 bits per heavy atom. The first-order chi connectivity index (χ1) is 14.6. The van der Waals surface area contributed by atoms with E-state index >= 15 is 0 Å². The predicted octanol–water partition coefficient (Wildman–Crippen LogP) is 2.54. The van der Waals surface area contributed by atoms with E-state index in [0.29, 0.717) is 5.69 Å². The molecule has 162 valence electrons. The largest absolute Gasteiger partial charge is 0.324 e. The minimum absolute atomic E-state index is 0.000657. The standard InChI is InChI=1S/C17H16ClN7O5S/c1-10-14(25(27)28)9-19-24(10)11(2)17(26)20-12-3-5-13(6-4-12)31(29,30)23-16-8-7-15(18)21-22-16/h3-9,11H,1-2H3,(H,20,26)(H,22,23). The van der Waals surface area contributed by atoms with E-state index in [1.54, 1.807) is 0 Å². The van der Waals surface area contributed by atoms with Crippen molar-refractivity contribution in [3.8, 4) is 0 Å². The lowest BCUT2D eigenvalue weighted by Gasteiger charge is -2.14. The summed E-state index contributed by atoms with van der Waals surface area (Å²) in [5, 5.41) is 24.8. The van der Waals surface area contributed by atoms with Crippen molar-refractivity contribution in [3.63, 3.8) is 0 Å². The number of rotatable bonds is 7. The zero-order chi connectivity index (χ0) is 22.8. The Morgan fingerprint density at radius 1 is 1.19 bits per heavy atom. The normalized spacial score (nSPS) is 12.2. The third-order valence-corrected chi connectivity index (χ3v) is 5.84. The van der Waals surface area contributed by atoms with Gasteiger partial charge >= 0.3 is 5.69 Å². The number of nitrogens with one attached hydrogen (secondary N) is 2. The number of hydrogen-bond donors (Lipinski definition) is 2. The van der Waals surface area contributed by atoms with Gasteiger partial charge in [0.1, 0.15) is 17.9 Å². The first kappa shape index (κ1) is 22.1. The number of halogens is 1. The quantitative estimate of drug-likeness (QED) is 0.397. The summed E-state index contributed by atoms with van der Waals surface area (Å²) in [6.45, 7) is 3.03. The van der Waals surface area contributed by atoms with Crippen LogP contribution in [-0.4, -0.2) is 39.2 Å². The second-order valence-corrected chi connectivity index (χ2v) is 8.42. The SMILES string of the molecule is Cc1c([N+](=O)[O-])cnn1C(C)C(=O)Nc1ccc(S(=O)(=O)Nc2ccc(Cl)nn2)cc1. The van der Waals surface area contributed by atoms with Crippen LogP contribution in [0.4, 0.5) is 17.2 Å². The summed E-state index contributed by atoms with van der Waals surface area (Å²) in [6.07, 6.45) is 1.08. The zero-order valence-electron chi connectivity index (χ0n) is 16.2. The fourth-order valence-corrected chi connectivity index (χ4v) is 3.72. The lowest BCUT2D eigenvalue weighted by molar-refractivity contribution is -0.385. The number of carbonyl (C=O) groups is 1. The highest BCUT2D eigenvalue weighted by Crippen LogP contribution is 2.22. The number of carbonyl (C=O) groups excluding carboxylic acids is 1. The van der Waals surface area contributed by atoms with Crippen molar-refractivity contribution < 1.29 is 18.1 Å². The number of nitro groups is 1. The first-order valence-electron chi connectivity index (χ1n) is 8.70. The van der Waals surface area contributed by atoms with Gasteiger partial charge < -0.3 is 5.32 Å². The molecule has 2 aromatic heterocycles. The molecule has 1 aromatic carbocycles. The Balaban J connectivity index is 1.70. The molecule has 3 aromatic rings. The fraction of sp³-hybridized carbons (Fsp3) is 0.176. The molecule has 1 amide bonds. The molecule has 0 saturated heterocycles. The molecule has 2 heterocycles. The van der Waals surface area contributed by atoms with Crippen LogP contribution in [-0.2, 0) is 14.8 Å². The summed E-state index contributed by atoms with van der Waals surface area (Å²) < 4.78 is 28.4. The molecule has 3 rings (SSSR count). The molecule has 0 spiro atoms. The number of nitrogens with zero attached hydrogens (tertiary/aromatic N) is 5. The van der Waals surface area contributed by atoms with E-state index in [0.717, 1.165) is 6.20 Å². The Bertz CT molecular complexity index is 1230. The summed E-state index contributed by atoms with van der Waals surface area (Å²) in [5.74, 6) is -0.481. The van der Waals surface area contributed by atoms with Crippen molar-refractivity contribution in [1.29, 1.82) is 0 Å². The van der Waals surface area contributed by atoms with Gasteiger partial charge in [0.2, 0.25) is 5.91 Å². The lowest BCUT2D eigenvalue weighted by Crippen LogP contribution is -2.25. The summed E-state index contributed by atoms with van der Waals surface area (Å²) in [6, 6.07) is 7.34. The summed E-state index contributed by atoms with van der Waals surface area (Å²) >= 11 is 5.62. The highest BCUT2D eigenvalue weighted by Gasteiger charge is 2.24.